The van der Waals surface area contributed by atoms with Crippen LogP contribution < -0.4 is 0 Å². The molecule has 0 aromatic rings. The summed E-state index contributed by atoms with van der Waals surface area (Å²) in [6.45, 7) is 6.52. The predicted molar refractivity (Wildman–Crippen MR) is 61.0 cm³/mol. The van der Waals surface area contributed by atoms with Gasteiger partial charge in [0.05, 0.1) is 12.7 Å². The first-order valence-corrected chi connectivity index (χ1v) is 6.13. The molecule has 16 heavy (non-hydrogen) atoms. The quantitative estimate of drug-likeness (QED) is 0.661. The lowest BCUT2D eigenvalue weighted by molar-refractivity contribution is -0.191. The highest BCUT2D eigenvalue weighted by Gasteiger charge is 2.38. The molecule has 0 aromatic heterocycles. The first-order valence-electron chi connectivity index (χ1n) is 6.13. The van der Waals surface area contributed by atoms with Crippen LogP contribution in [-0.2, 0) is 4.74 Å². The third kappa shape index (κ3) is 3.17. The van der Waals surface area contributed by atoms with Gasteiger partial charge in [0.1, 0.15) is 18.3 Å². The molecule has 1 aliphatic rings. The lowest BCUT2D eigenvalue weighted by atomic mass is 9.84. The van der Waals surface area contributed by atoms with E-state index in [0.29, 0.717) is 11.8 Å². The highest BCUT2D eigenvalue weighted by molar-refractivity contribution is 4.87. The third-order valence-electron chi connectivity index (χ3n) is 3.61. The standard InChI is InChI=1S/C12H24O4/c1-4-8(7(2)3)5-10-12(15)11(14)9(13)6-16-10/h7-15H,4-6H2,1-3H3. The zero-order chi connectivity index (χ0) is 12.3. The molecular formula is C12H24O4. The minimum absolute atomic E-state index is 0.109. The average molecular weight is 232 g/mol. The molecule has 0 amide bonds. The molecule has 5 atom stereocenters. The van der Waals surface area contributed by atoms with E-state index in [1.807, 2.05) is 0 Å². The SMILES string of the molecule is CCC(CC1OCC(O)C(O)C1O)C(C)C. The van der Waals surface area contributed by atoms with Crippen LogP contribution in [0.4, 0.5) is 0 Å². The molecule has 0 spiro atoms. The summed E-state index contributed by atoms with van der Waals surface area (Å²) in [7, 11) is 0. The Bertz CT molecular complexity index is 207. The Kier molecular flexibility index (Phi) is 5.18. The number of hydrogen-bond donors (Lipinski definition) is 3. The highest BCUT2D eigenvalue weighted by Crippen LogP contribution is 2.27. The Morgan fingerprint density at radius 2 is 1.81 bits per heavy atom. The molecule has 0 saturated carbocycles. The fourth-order valence-corrected chi connectivity index (χ4v) is 2.28. The summed E-state index contributed by atoms with van der Waals surface area (Å²) < 4.78 is 5.40. The summed E-state index contributed by atoms with van der Waals surface area (Å²) in [6.07, 6.45) is -1.61. The molecule has 1 fully saturated rings. The second-order valence-corrected chi connectivity index (χ2v) is 5.07. The summed E-state index contributed by atoms with van der Waals surface area (Å²) in [5.41, 5.74) is 0. The predicted octanol–water partition coefficient (Wildman–Crippen LogP) is 0.540. The number of hydrogen-bond acceptors (Lipinski definition) is 4. The van der Waals surface area contributed by atoms with Gasteiger partial charge in [0.15, 0.2) is 0 Å². The number of rotatable bonds is 4. The maximum Gasteiger partial charge on any atom is 0.111 e. The first-order chi connectivity index (χ1) is 7.47. The molecule has 0 bridgehead atoms. The summed E-state index contributed by atoms with van der Waals surface area (Å²) in [6, 6.07) is 0. The van der Waals surface area contributed by atoms with E-state index in [9.17, 15) is 15.3 Å². The van der Waals surface area contributed by atoms with Crippen LogP contribution in [0.25, 0.3) is 0 Å². The third-order valence-corrected chi connectivity index (χ3v) is 3.61. The minimum Gasteiger partial charge on any atom is -0.388 e. The van der Waals surface area contributed by atoms with E-state index in [4.69, 9.17) is 4.74 Å². The van der Waals surface area contributed by atoms with Crippen LogP contribution in [0.1, 0.15) is 33.6 Å². The van der Waals surface area contributed by atoms with Gasteiger partial charge < -0.3 is 20.1 Å². The zero-order valence-corrected chi connectivity index (χ0v) is 10.3. The summed E-state index contributed by atoms with van der Waals surface area (Å²) in [5, 5.41) is 28.7. The Labute approximate surface area is 97.2 Å². The van der Waals surface area contributed by atoms with E-state index >= 15 is 0 Å². The second kappa shape index (κ2) is 5.96. The van der Waals surface area contributed by atoms with Crippen LogP contribution in [0.5, 0.6) is 0 Å². The number of aliphatic hydroxyl groups excluding tert-OH is 3. The van der Waals surface area contributed by atoms with Gasteiger partial charge >= 0.3 is 0 Å². The Morgan fingerprint density at radius 3 is 2.31 bits per heavy atom. The van der Waals surface area contributed by atoms with Crippen molar-refractivity contribution in [3.63, 3.8) is 0 Å². The van der Waals surface area contributed by atoms with E-state index in [2.05, 4.69) is 20.8 Å². The van der Waals surface area contributed by atoms with Crippen molar-refractivity contribution in [1.82, 2.24) is 0 Å². The monoisotopic (exact) mass is 232 g/mol. The fourth-order valence-electron chi connectivity index (χ4n) is 2.28. The van der Waals surface area contributed by atoms with Crippen LogP contribution in [0.15, 0.2) is 0 Å². The van der Waals surface area contributed by atoms with Gasteiger partial charge in [-0.05, 0) is 18.3 Å². The van der Waals surface area contributed by atoms with Gasteiger partial charge in [0.2, 0.25) is 0 Å². The maximum absolute atomic E-state index is 9.80. The van der Waals surface area contributed by atoms with Crippen molar-refractivity contribution in [2.75, 3.05) is 6.61 Å². The molecule has 1 aliphatic heterocycles. The second-order valence-electron chi connectivity index (χ2n) is 5.07. The smallest absolute Gasteiger partial charge is 0.111 e. The lowest BCUT2D eigenvalue weighted by Crippen LogP contribution is -2.53. The largest absolute Gasteiger partial charge is 0.388 e. The van der Waals surface area contributed by atoms with Crippen molar-refractivity contribution >= 4 is 0 Å². The number of ether oxygens (including phenoxy) is 1. The summed E-state index contributed by atoms with van der Waals surface area (Å²) in [4.78, 5) is 0. The maximum atomic E-state index is 9.80. The molecule has 1 rings (SSSR count). The Balaban J connectivity index is 2.54. The summed E-state index contributed by atoms with van der Waals surface area (Å²) >= 11 is 0. The molecule has 1 heterocycles. The van der Waals surface area contributed by atoms with Gasteiger partial charge in [-0.25, -0.2) is 0 Å². The van der Waals surface area contributed by atoms with Crippen molar-refractivity contribution < 1.29 is 20.1 Å². The van der Waals surface area contributed by atoms with Crippen LogP contribution in [-0.4, -0.2) is 46.3 Å². The van der Waals surface area contributed by atoms with Gasteiger partial charge in [-0.2, -0.15) is 0 Å². The molecule has 3 N–H and O–H groups in total. The normalized spacial score (nSPS) is 37.7. The van der Waals surface area contributed by atoms with E-state index in [-0.39, 0.29) is 12.7 Å². The van der Waals surface area contributed by atoms with Crippen LogP contribution in [0.3, 0.4) is 0 Å². The molecular weight excluding hydrogens is 208 g/mol. The van der Waals surface area contributed by atoms with E-state index in [0.717, 1.165) is 12.8 Å². The van der Waals surface area contributed by atoms with Gasteiger partial charge in [0, 0.05) is 0 Å². The van der Waals surface area contributed by atoms with Crippen LogP contribution in [0, 0.1) is 11.8 Å². The van der Waals surface area contributed by atoms with Crippen LogP contribution >= 0.6 is 0 Å². The van der Waals surface area contributed by atoms with Gasteiger partial charge in [0.25, 0.3) is 0 Å². The molecule has 96 valence electrons. The van der Waals surface area contributed by atoms with Crippen molar-refractivity contribution in [1.29, 1.82) is 0 Å². The van der Waals surface area contributed by atoms with Crippen molar-refractivity contribution in [2.45, 2.75) is 58.0 Å². The highest BCUT2D eigenvalue weighted by atomic mass is 16.5. The molecule has 4 nitrogen and oxygen atoms in total. The fraction of sp³-hybridized carbons (Fsp3) is 1.00. The Hall–Kier alpha value is -0.160. The molecule has 0 aromatic carbocycles. The molecule has 0 radical (unpaired) electrons. The molecule has 0 aliphatic carbocycles. The number of aliphatic hydroxyl groups is 3. The van der Waals surface area contributed by atoms with Gasteiger partial charge in [-0.15, -0.1) is 0 Å². The van der Waals surface area contributed by atoms with E-state index in [1.54, 1.807) is 0 Å². The zero-order valence-electron chi connectivity index (χ0n) is 10.3. The molecule has 1 saturated heterocycles. The topological polar surface area (TPSA) is 69.9 Å². The first kappa shape index (κ1) is 13.9. The van der Waals surface area contributed by atoms with E-state index < -0.39 is 18.3 Å². The van der Waals surface area contributed by atoms with Crippen molar-refractivity contribution in [3.05, 3.63) is 0 Å². The van der Waals surface area contributed by atoms with E-state index in [1.165, 1.54) is 0 Å². The van der Waals surface area contributed by atoms with Gasteiger partial charge in [-0.1, -0.05) is 27.2 Å². The van der Waals surface area contributed by atoms with Crippen LogP contribution in [0.2, 0.25) is 0 Å². The lowest BCUT2D eigenvalue weighted by Gasteiger charge is -2.37. The average Bonchev–Trinajstić information content (AvgIpc) is 2.25. The van der Waals surface area contributed by atoms with Gasteiger partial charge in [-0.3, -0.25) is 0 Å². The Morgan fingerprint density at radius 1 is 1.19 bits per heavy atom. The molecule has 5 unspecified atom stereocenters. The van der Waals surface area contributed by atoms with Crippen molar-refractivity contribution in [2.24, 2.45) is 11.8 Å². The molecule has 4 heteroatoms. The minimum atomic E-state index is -1.08. The summed E-state index contributed by atoms with van der Waals surface area (Å²) in [5.74, 6) is 1.01. The van der Waals surface area contributed by atoms with Crippen molar-refractivity contribution in [3.8, 4) is 0 Å².